The highest BCUT2D eigenvalue weighted by Gasteiger charge is 2.17. The van der Waals surface area contributed by atoms with Crippen LogP contribution in [0.5, 0.6) is 11.5 Å². The van der Waals surface area contributed by atoms with Gasteiger partial charge < -0.3 is 15.2 Å². The van der Waals surface area contributed by atoms with Crippen molar-refractivity contribution in [3.8, 4) is 11.5 Å². The number of primary amides is 1. The normalized spacial score (nSPS) is 13.1. The number of hydrogen-bond donors (Lipinski definition) is 2. The maximum atomic E-state index is 10.4. The zero-order valence-corrected chi connectivity index (χ0v) is 9.65. The number of nitrogens with one attached hydrogen (secondary N) is 1. The van der Waals surface area contributed by atoms with Crippen molar-refractivity contribution in [1.82, 2.24) is 5.43 Å². The summed E-state index contributed by atoms with van der Waals surface area (Å²) in [5, 5.41) is 3.64. The standard InChI is InChI=1S/C9H8BrN3O3/c10-6-1-5(3-12-13-9(11)14)2-7-8(6)16-4-15-7/h1-3H,4H2,(H3,11,13,14)/b12-3+. The number of ether oxygens (including phenoxy) is 2. The number of halogens is 1. The van der Waals surface area contributed by atoms with Gasteiger partial charge in [-0.1, -0.05) is 0 Å². The highest BCUT2D eigenvalue weighted by atomic mass is 79.9. The molecule has 3 N–H and O–H groups in total. The van der Waals surface area contributed by atoms with E-state index in [4.69, 9.17) is 15.2 Å². The zero-order valence-electron chi connectivity index (χ0n) is 8.07. The smallest absolute Gasteiger partial charge is 0.332 e. The van der Waals surface area contributed by atoms with Gasteiger partial charge in [0.1, 0.15) is 0 Å². The number of urea groups is 1. The number of carbonyl (C=O) groups excluding carboxylic acids is 1. The molecule has 1 aromatic rings. The van der Waals surface area contributed by atoms with Crippen LogP contribution in [0.2, 0.25) is 0 Å². The molecule has 0 fully saturated rings. The molecule has 0 saturated carbocycles. The lowest BCUT2D eigenvalue weighted by molar-refractivity contribution is 0.173. The van der Waals surface area contributed by atoms with Crippen molar-refractivity contribution in [3.05, 3.63) is 22.2 Å². The topological polar surface area (TPSA) is 85.9 Å². The molecule has 0 atom stereocenters. The number of nitrogens with zero attached hydrogens (tertiary/aromatic N) is 1. The van der Waals surface area contributed by atoms with E-state index in [1.807, 2.05) is 0 Å². The molecule has 84 valence electrons. The third-order valence-corrected chi connectivity index (χ3v) is 2.43. The average Bonchev–Trinajstić information content (AvgIpc) is 2.65. The van der Waals surface area contributed by atoms with Crippen molar-refractivity contribution in [2.45, 2.75) is 0 Å². The second-order valence-electron chi connectivity index (χ2n) is 2.97. The molecule has 1 aliphatic rings. The Hall–Kier alpha value is -1.76. The highest BCUT2D eigenvalue weighted by Crippen LogP contribution is 2.39. The van der Waals surface area contributed by atoms with E-state index in [2.05, 4.69) is 26.5 Å². The average molecular weight is 286 g/mol. The van der Waals surface area contributed by atoms with Gasteiger partial charge in [-0.2, -0.15) is 5.10 Å². The predicted molar refractivity (Wildman–Crippen MR) is 60.6 cm³/mol. The van der Waals surface area contributed by atoms with Crippen molar-refractivity contribution in [1.29, 1.82) is 0 Å². The van der Waals surface area contributed by atoms with E-state index in [1.54, 1.807) is 12.1 Å². The van der Waals surface area contributed by atoms with Gasteiger partial charge in [0, 0.05) is 0 Å². The Labute approximate surface area is 99.5 Å². The summed E-state index contributed by atoms with van der Waals surface area (Å²) in [6.07, 6.45) is 1.46. The van der Waals surface area contributed by atoms with Gasteiger partial charge in [-0.25, -0.2) is 10.2 Å². The van der Waals surface area contributed by atoms with Gasteiger partial charge in [0.15, 0.2) is 11.5 Å². The Bertz CT molecular complexity index is 462. The Morgan fingerprint density at radius 3 is 3.12 bits per heavy atom. The largest absolute Gasteiger partial charge is 0.454 e. The van der Waals surface area contributed by atoms with Crippen molar-refractivity contribution in [2.75, 3.05) is 6.79 Å². The minimum Gasteiger partial charge on any atom is -0.454 e. The minimum absolute atomic E-state index is 0.202. The van der Waals surface area contributed by atoms with Gasteiger partial charge in [-0.15, -0.1) is 0 Å². The molecule has 0 aromatic heterocycles. The lowest BCUT2D eigenvalue weighted by atomic mass is 10.2. The third kappa shape index (κ3) is 2.25. The van der Waals surface area contributed by atoms with Gasteiger partial charge in [0.2, 0.25) is 6.79 Å². The Balaban J connectivity index is 2.20. The summed E-state index contributed by atoms with van der Waals surface area (Å²) in [6.45, 7) is 0.202. The highest BCUT2D eigenvalue weighted by molar-refractivity contribution is 9.10. The first-order valence-corrected chi connectivity index (χ1v) is 5.14. The Morgan fingerprint density at radius 2 is 2.38 bits per heavy atom. The van der Waals surface area contributed by atoms with Crippen LogP contribution in [0.25, 0.3) is 0 Å². The summed E-state index contributed by atoms with van der Waals surface area (Å²) in [5.41, 5.74) is 7.72. The molecule has 1 heterocycles. The van der Waals surface area contributed by atoms with Gasteiger partial charge >= 0.3 is 6.03 Å². The van der Waals surface area contributed by atoms with Crippen LogP contribution in [-0.2, 0) is 0 Å². The molecule has 7 heteroatoms. The lowest BCUT2D eigenvalue weighted by Gasteiger charge is -2.00. The number of carbonyl (C=O) groups is 1. The molecule has 2 amide bonds. The second kappa shape index (κ2) is 4.40. The number of amides is 2. The van der Waals surface area contributed by atoms with Gasteiger partial charge in [0.25, 0.3) is 0 Å². The summed E-state index contributed by atoms with van der Waals surface area (Å²) >= 11 is 3.34. The van der Waals surface area contributed by atoms with E-state index in [-0.39, 0.29) is 6.79 Å². The number of hydrogen-bond acceptors (Lipinski definition) is 4. The van der Waals surface area contributed by atoms with Crippen LogP contribution in [0.3, 0.4) is 0 Å². The summed E-state index contributed by atoms with van der Waals surface area (Å²) < 4.78 is 11.2. The van der Waals surface area contributed by atoms with Crippen LogP contribution >= 0.6 is 15.9 Å². The summed E-state index contributed by atoms with van der Waals surface area (Å²) in [5.74, 6) is 1.30. The fourth-order valence-corrected chi connectivity index (χ4v) is 1.81. The molecule has 0 unspecified atom stereocenters. The van der Waals surface area contributed by atoms with Crippen molar-refractivity contribution < 1.29 is 14.3 Å². The first-order chi connectivity index (χ1) is 7.66. The zero-order chi connectivity index (χ0) is 11.5. The minimum atomic E-state index is -0.712. The number of hydrazone groups is 1. The first-order valence-electron chi connectivity index (χ1n) is 4.34. The predicted octanol–water partition coefficient (Wildman–Crippen LogP) is 1.18. The fourth-order valence-electron chi connectivity index (χ4n) is 1.23. The third-order valence-electron chi connectivity index (χ3n) is 1.84. The Kier molecular flexibility index (Phi) is 2.95. The molecule has 1 aliphatic heterocycles. The van der Waals surface area contributed by atoms with E-state index in [1.165, 1.54) is 6.21 Å². The molecule has 6 nitrogen and oxygen atoms in total. The van der Waals surface area contributed by atoms with Crippen LogP contribution in [-0.4, -0.2) is 19.0 Å². The molecule has 0 saturated heterocycles. The van der Waals surface area contributed by atoms with E-state index in [9.17, 15) is 4.79 Å². The lowest BCUT2D eigenvalue weighted by Crippen LogP contribution is -2.24. The molecular weight excluding hydrogens is 278 g/mol. The van der Waals surface area contributed by atoms with Gasteiger partial charge in [0.05, 0.1) is 10.7 Å². The number of benzene rings is 1. The van der Waals surface area contributed by atoms with Crippen LogP contribution in [0.1, 0.15) is 5.56 Å². The van der Waals surface area contributed by atoms with E-state index in [0.717, 1.165) is 10.0 Å². The van der Waals surface area contributed by atoms with E-state index < -0.39 is 6.03 Å². The summed E-state index contributed by atoms with van der Waals surface area (Å²) in [7, 11) is 0. The molecule has 0 radical (unpaired) electrons. The monoisotopic (exact) mass is 285 g/mol. The maximum Gasteiger partial charge on any atom is 0.332 e. The summed E-state index contributed by atoms with van der Waals surface area (Å²) in [4.78, 5) is 10.4. The van der Waals surface area contributed by atoms with Crippen LogP contribution < -0.4 is 20.6 Å². The van der Waals surface area contributed by atoms with Crippen molar-refractivity contribution in [3.63, 3.8) is 0 Å². The van der Waals surface area contributed by atoms with Crippen molar-refractivity contribution in [2.24, 2.45) is 10.8 Å². The number of fused-ring (bicyclic) bond motifs is 1. The second-order valence-corrected chi connectivity index (χ2v) is 3.83. The van der Waals surface area contributed by atoms with Gasteiger partial charge in [-0.3, -0.25) is 0 Å². The Morgan fingerprint density at radius 1 is 1.56 bits per heavy atom. The molecule has 1 aromatic carbocycles. The molecule has 0 aliphatic carbocycles. The molecule has 0 bridgehead atoms. The fraction of sp³-hybridized carbons (Fsp3) is 0.111. The van der Waals surface area contributed by atoms with E-state index in [0.29, 0.717) is 11.5 Å². The molecule has 16 heavy (non-hydrogen) atoms. The van der Waals surface area contributed by atoms with Crippen molar-refractivity contribution >= 4 is 28.2 Å². The van der Waals surface area contributed by atoms with Gasteiger partial charge in [-0.05, 0) is 33.6 Å². The molecule has 2 rings (SSSR count). The number of nitrogens with two attached hydrogens (primary N) is 1. The quantitative estimate of drug-likeness (QED) is 0.632. The first kappa shape index (κ1) is 10.7. The van der Waals surface area contributed by atoms with E-state index >= 15 is 0 Å². The molecule has 0 spiro atoms. The number of rotatable bonds is 2. The molecular formula is C9H8BrN3O3. The van der Waals surface area contributed by atoms with Crippen LogP contribution in [0.15, 0.2) is 21.7 Å². The maximum absolute atomic E-state index is 10.4. The van der Waals surface area contributed by atoms with Crippen LogP contribution in [0, 0.1) is 0 Å². The van der Waals surface area contributed by atoms with Crippen LogP contribution in [0.4, 0.5) is 4.79 Å². The SMILES string of the molecule is NC(=O)N/N=C/c1cc(Br)c2c(c1)OCO2. The summed E-state index contributed by atoms with van der Waals surface area (Å²) in [6, 6.07) is 2.83.